The zero-order valence-electron chi connectivity index (χ0n) is 11.2. The molecule has 0 rings (SSSR count). The largest absolute Gasteiger partial charge is 0.385 e. The lowest BCUT2D eigenvalue weighted by molar-refractivity contribution is -0.133. The molecule has 0 saturated heterocycles. The van der Waals surface area contributed by atoms with E-state index in [4.69, 9.17) is 0 Å². The molecule has 0 radical (unpaired) electrons. The molecular formula is C13H27NO2. The predicted octanol–water partition coefficient (Wildman–Crippen LogP) is 2.23. The average molecular weight is 229 g/mol. The monoisotopic (exact) mass is 229 g/mol. The minimum atomic E-state index is -0.776. The van der Waals surface area contributed by atoms with Gasteiger partial charge in [0.1, 0.15) is 6.10 Å². The van der Waals surface area contributed by atoms with Crippen molar-refractivity contribution in [1.82, 2.24) is 4.90 Å². The number of likely N-dealkylation sites (N-methyl/N-ethyl adjacent to an activating group) is 1. The van der Waals surface area contributed by atoms with E-state index in [1.165, 1.54) is 0 Å². The molecule has 0 aliphatic carbocycles. The van der Waals surface area contributed by atoms with Gasteiger partial charge in [0.15, 0.2) is 5.78 Å². The van der Waals surface area contributed by atoms with Crippen LogP contribution in [0.5, 0.6) is 0 Å². The van der Waals surface area contributed by atoms with Crippen molar-refractivity contribution in [2.24, 2.45) is 0 Å². The Bertz CT molecular complexity index is 190. The maximum absolute atomic E-state index is 12.1. The van der Waals surface area contributed by atoms with Crippen LogP contribution < -0.4 is 0 Å². The molecule has 0 heterocycles. The predicted molar refractivity (Wildman–Crippen MR) is 67.5 cm³/mol. The lowest BCUT2D eigenvalue weighted by Gasteiger charge is -2.29. The van der Waals surface area contributed by atoms with Gasteiger partial charge in [-0.3, -0.25) is 9.69 Å². The second kappa shape index (κ2) is 8.71. The molecule has 96 valence electrons. The van der Waals surface area contributed by atoms with Crippen LogP contribution in [0.3, 0.4) is 0 Å². The van der Waals surface area contributed by atoms with Gasteiger partial charge in [-0.2, -0.15) is 0 Å². The first-order chi connectivity index (χ1) is 7.62. The summed E-state index contributed by atoms with van der Waals surface area (Å²) in [6, 6.07) is -0.0958. The topological polar surface area (TPSA) is 40.5 Å². The zero-order valence-corrected chi connectivity index (χ0v) is 11.2. The number of aliphatic hydroxyl groups excluding tert-OH is 1. The molecule has 2 unspecified atom stereocenters. The first kappa shape index (κ1) is 15.6. The van der Waals surface area contributed by atoms with E-state index < -0.39 is 6.10 Å². The molecule has 1 N–H and O–H groups in total. The van der Waals surface area contributed by atoms with E-state index >= 15 is 0 Å². The van der Waals surface area contributed by atoms with Gasteiger partial charge in [0.2, 0.25) is 0 Å². The molecule has 0 bridgehead atoms. The number of hydrogen-bond donors (Lipinski definition) is 1. The van der Waals surface area contributed by atoms with Crippen LogP contribution in [0.25, 0.3) is 0 Å². The Kier molecular flexibility index (Phi) is 8.49. The Labute approximate surface area is 99.8 Å². The lowest BCUT2D eigenvalue weighted by atomic mass is 9.98. The van der Waals surface area contributed by atoms with Crippen molar-refractivity contribution in [2.75, 3.05) is 13.1 Å². The number of rotatable bonds is 9. The minimum Gasteiger partial charge on any atom is -0.385 e. The average Bonchev–Trinajstić information content (AvgIpc) is 2.29. The van der Waals surface area contributed by atoms with Crippen LogP contribution in [0.4, 0.5) is 0 Å². The molecule has 0 aliphatic rings. The summed E-state index contributed by atoms with van der Waals surface area (Å²) in [5.41, 5.74) is 0. The first-order valence-corrected chi connectivity index (χ1v) is 6.58. The molecule has 16 heavy (non-hydrogen) atoms. The third-order valence-corrected chi connectivity index (χ3v) is 3.03. The van der Waals surface area contributed by atoms with Crippen molar-refractivity contribution in [1.29, 1.82) is 0 Å². The van der Waals surface area contributed by atoms with E-state index in [1.54, 1.807) is 0 Å². The van der Waals surface area contributed by atoms with Crippen molar-refractivity contribution >= 4 is 5.78 Å². The third kappa shape index (κ3) is 4.62. The Morgan fingerprint density at radius 2 is 1.56 bits per heavy atom. The Hall–Kier alpha value is -0.410. The lowest BCUT2D eigenvalue weighted by Crippen LogP contribution is -2.45. The highest BCUT2D eigenvalue weighted by molar-refractivity contribution is 5.87. The molecule has 0 spiro atoms. The van der Waals surface area contributed by atoms with Crippen molar-refractivity contribution in [3.8, 4) is 0 Å². The number of Topliss-reactive ketones (excluding diaryl/α,β-unsaturated/α-hetero) is 1. The highest BCUT2D eigenvalue weighted by Gasteiger charge is 2.27. The molecule has 0 amide bonds. The summed E-state index contributed by atoms with van der Waals surface area (Å²) in [6.07, 6.45) is 2.49. The molecule has 0 aromatic rings. The summed E-state index contributed by atoms with van der Waals surface area (Å²) in [7, 11) is 0. The highest BCUT2D eigenvalue weighted by atomic mass is 16.3. The van der Waals surface area contributed by atoms with Crippen LogP contribution in [0.1, 0.15) is 53.4 Å². The summed E-state index contributed by atoms with van der Waals surface area (Å²) < 4.78 is 0. The summed E-state index contributed by atoms with van der Waals surface area (Å²) in [4.78, 5) is 14.2. The van der Waals surface area contributed by atoms with E-state index in [9.17, 15) is 9.90 Å². The molecule has 0 saturated carbocycles. The molecule has 2 atom stereocenters. The number of ketones is 1. The van der Waals surface area contributed by atoms with Gasteiger partial charge in [-0.15, -0.1) is 0 Å². The van der Waals surface area contributed by atoms with Gasteiger partial charge in [0, 0.05) is 0 Å². The van der Waals surface area contributed by atoms with Crippen molar-refractivity contribution < 1.29 is 9.90 Å². The fraction of sp³-hybridized carbons (Fsp3) is 0.923. The summed E-state index contributed by atoms with van der Waals surface area (Å²) >= 11 is 0. The molecule has 0 aromatic heterocycles. The fourth-order valence-corrected chi connectivity index (χ4v) is 2.08. The summed E-state index contributed by atoms with van der Waals surface area (Å²) in [5.74, 6) is 0.00685. The maximum Gasteiger partial charge on any atom is 0.178 e. The third-order valence-electron chi connectivity index (χ3n) is 3.03. The van der Waals surface area contributed by atoms with E-state index in [0.717, 1.165) is 32.4 Å². The van der Waals surface area contributed by atoms with Crippen molar-refractivity contribution in [3.05, 3.63) is 0 Å². The number of nitrogens with zero attached hydrogens (tertiary/aromatic N) is 1. The second-order valence-corrected chi connectivity index (χ2v) is 4.23. The Morgan fingerprint density at radius 1 is 1.06 bits per heavy atom. The van der Waals surface area contributed by atoms with Crippen LogP contribution in [-0.4, -0.2) is 41.0 Å². The molecule has 0 aliphatic heterocycles. The van der Waals surface area contributed by atoms with Crippen molar-refractivity contribution in [2.45, 2.75) is 65.5 Å². The quantitative estimate of drug-likeness (QED) is 0.659. The normalized spacial score (nSPS) is 15.1. The molecule has 0 fully saturated rings. The van der Waals surface area contributed by atoms with Crippen LogP contribution in [-0.2, 0) is 4.79 Å². The van der Waals surface area contributed by atoms with Crippen LogP contribution >= 0.6 is 0 Å². The Morgan fingerprint density at radius 3 is 1.94 bits per heavy atom. The van der Waals surface area contributed by atoms with E-state index in [-0.39, 0.29) is 11.8 Å². The second-order valence-electron chi connectivity index (χ2n) is 4.23. The number of carbonyl (C=O) groups is 1. The van der Waals surface area contributed by atoms with Gasteiger partial charge >= 0.3 is 0 Å². The number of hydrogen-bond acceptors (Lipinski definition) is 3. The van der Waals surface area contributed by atoms with Gasteiger partial charge in [-0.25, -0.2) is 0 Å². The SMILES string of the molecule is CCCC(O)C(=O)C(CCC)N(CC)CC. The van der Waals surface area contributed by atoms with Gasteiger partial charge in [-0.05, 0) is 25.9 Å². The van der Waals surface area contributed by atoms with E-state index in [0.29, 0.717) is 6.42 Å². The number of aliphatic hydroxyl groups is 1. The fourth-order valence-electron chi connectivity index (χ4n) is 2.08. The van der Waals surface area contributed by atoms with Crippen LogP contribution in [0, 0.1) is 0 Å². The summed E-state index contributed by atoms with van der Waals surface area (Å²) in [5, 5.41) is 9.78. The van der Waals surface area contributed by atoms with Gasteiger partial charge in [0.25, 0.3) is 0 Å². The van der Waals surface area contributed by atoms with E-state index in [1.807, 2.05) is 6.92 Å². The van der Waals surface area contributed by atoms with Crippen molar-refractivity contribution in [3.63, 3.8) is 0 Å². The summed E-state index contributed by atoms with van der Waals surface area (Å²) in [6.45, 7) is 9.92. The Balaban J connectivity index is 4.55. The van der Waals surface area contributed by atoms with Gasteiger partial charge in [0.05, 0.1) is 6.04 Å². The number of carbonyl (C=O) groups excluding carboxylic acids is 1. The molecular weight excluding hydrogens is 202 g/mol. The molecule has 0 aromatic carbocycles. The molecule has 3 heteroatoms. The van der Waals surface area contributed by atoms with Crippen LogP contribution in [0.2, 0.25) is 0 Å². The standard InChI is InChI=1S/C13H27NO2/c1-5-9-11(14(7-3)8-4)13(16)12(15)10-6-2/h11-12,15H,5-10H2,1-4H3. The van der Waals surface area contributed by atoms with Gasteiger partial charge in [-0.1, -0.05) is 40.5 Å². The van der Waals surface area contributed by atoms with Gasteiger partial charge < -0.3 is 5.11 Å². The molecule has 3 nitrogen and oxygen atoms in total. The minimum absolute atomic E-state index is 0.00685. The maximum atomic E-state index is 12.1. The smallest absolute Gasteiger partial charge is 0.178 e. The zero-order chi connectivity index (χ0) is 12.6. The highest BCUT2D eigenvalue weighted by Crippen LogP contribution is 2.12. The first-order valence-electron chi connectivity index (χ1n) is 6.58. The van der Waals surface area contributed by atoms with E-state index in [2.05, 4.69) is 25.7 Å². The van der Waals surface area contributed by atoms with Crippen LogP contribution in [0.15, 0.2) is 0 Å².